The molecule has 2 N–H and O–H groups in total. The second-order valence-corrected chi connectivity index (χ2v) is 6.15. The minimum atomic E-state index is 0.0255. The number of benzene rings is 1. The highest BCUT2D eigenvalue weighted by molar-refractivity contribution is 9.10. The molecular weight excluding hydrogens is 328 g/mol. The molecule has 0 aliphatic carbocycles. The van der Waals surface area contributed by atoms with Crippen LogP contribution in [-0.2, 0) is 0 Å². The van der Waals surface area contributed by atoms with E-state index in [1.54, 1.807) is 6.07 Å². The van der Waals surface area contributed by atoms with Gasteiger partial charge in [0.15, 0.2) is 0 Å². The molecule has 1 fully saturated rings. The van der Waals surface area contributed by atoms with Gasteiger partial charge >= 0.3 is 0 Å². The summed E-state index contributed by atoms with van der Waals surface area (Å²) in [5.41, 5.74) is 6.16. The monoisotopic (exact) mass is 344 g/mol. The average molecular weight is 346 g/mol. The number of rotatable bonds is 3. The van der Waals surface area contributed by atoms with Crippen molar-refractivity contribution >= 4 is 33.4 Å². The Balaban J connectivity index is 2.03. The summed E-state index contributed by atoms with van der Waals surface area (Å²) in [6.45, 7) is 2.33. The molecule has 5 heteroatoms. The summed E-state index contributed by atoms with van der Waals surface area (Å²) in [4.78, 5) is 14.3. The van der Waals surface area contributed by atoms with Crippen LogP contribution in [0.4, 0.5) is 0 Å². The fourth-order valence-corrected chi connectivity index (χ4v) is 3.07. The van der Waals surface area contributed by atoms with Crippen molar-refractivity contribution in [3.63, 3.8) is 0 Å². The van der Waals surface area contributed by atoms with Crippen LogP contribution >= 0.6 is 27.5 Å². The van der Waals surface area contributed by atoms with Crippen molar-refractivity contribution in [2.24, 2.45) is 11.7 Å². The molecule has 1 aromatic carbocycles. The molecule has 1 heterocycles. The van der Waals surface area contributed by atoms with Gasteiger partial charge in [-0.05, 0) is 59.8 Å². The first-order chi connectivity index (χ1) is 9.13. The number of hydrogen-bond acceptors (Lipinski definition) is 2. The van der Waals surface area contributed by atoms with E-state index in [0.717, 1.165) is 43.4 Å². The second kappa shape index (κ2) is 6.73. The van der Waals surface area contributed by atoms with Crippen LogP contribution in [0.15, 0.2) is 22.7 Å². The Bertz CT molecular complexity index is 459. The maximum Gasteiger partial charge on any atom is 0.255 e. The first-order valence-electron chi connectivity index (χ1n) is 6.57. The van der Waals surface area contributed by atoms with Gasteiger partial charge in [-0.25, -0.2) is 0 Å². The SMILES string of the molecule is NCCC1CCN(C(=O)c2cccc(Br)c2Cl)CC1. The summed E-state index contributed by atoms with van der Waals surface area (Å²) in [5.74, 6) is 0.685. The van der Waals surface area contributed by atoms with E-state index in [1.807, 2.05) is 17.0 Å². The number of hydrogen-bond donors (Lipinski definition) is 1. The van der Waals surface area contributed by atoms with E-state index < -0.39 is 0 Å². The van der Waals surface area contributed by atoms with Gasteiger partial charge in [-0.1, -0.05) is 17.7 Å². The Hall–Kier alpha value is -0.580. The van der Waals surface area contributed by atoms with Crippen molar-refractivity contribution in [3.05, 3.63) is 33.3 Å². The normalized spacial score (nSPS) is 16.7. The number of amides is 1. The van der Waals surface area contributed by atoms with Gasteiger partial charge in [-0.3, -0.25) is 4.79 Å². The van der Waals surface area contributed by atoms with Crippen LogP contribution in [0.5, 0.6) is 0 Å². The van der Waals surface area contributed by atoms with Crippen LogP contribution in [0.2, 0.25) is 5.02 Å². The van der Waals surface area contributed by atoms with Gasteiger partial charge in [0.1, 0.15) is 0 Å². The van der Waals surface area contributed by atoms with Gasteiger partial charge in [-0.2, -0.15) is 0 Å². The highest BCUT2D eigenvalue weighted by Crippen LogP contribution is 2.28. The topological polar surface area (TPSA) is 46.3 Å². The molecule has 104 valence electrons. The van der Waals surface area contributed by atoms with E-state index in [0.29, 0.717) is 16.5 Å². The number of nitrogens with zero attached hydrogens (tertiary/aromatic N) is 1. The van der Waals surface area contributed by atoms with Crippen molar-refractivity contribution in [3.8, 4) is 0 Å². The molecule has 2 rings (SSSR count). The Labute approximate surface area is 127 Å². The minimum absolute atomic E-state index is 0.0255. The van der Waals surface area contributed by atoms with E-state index in [4.69, 9.17) is 17.3 Å². The number of carbonyl (C=O) groups excluding carboxylic acids is 1. The fraction of sp³-hybridized carbons (Fsp3) is 0.500. The van der Waals surface area contributed by atoms with Gasteiger partial charge in [0.2, 0.25) is 0 Å². The molecule has 1 saturated heterocycles. The zero-order valence-corrected chi connectivity index (χ0v) is 13.1. The molecular formula is C14H18BrClN2O. The van der Waals surface area contributed by atoms with Gasteiger partial charge in [-0.15, -0.1) is 0 Å². The van der Waals surface area contributed by atoms with Crippen molar-refractivity contribution in [1.82, 2.24) is 4.90 Å². The second-order valence-electron chi connectivity index (χ2n) is 4.91. The number of halogens is 2. The van der Waals surface area contributed by atoms with E-state index in [2.05, 4.69) is 15.9 Å². The number of nitrogens with two attached hydrogens (primary N) is 1. The van der Waals surface area contributed by atoms with Crippen molar-refractivity contribution < 1.29 is 4.79 Å². The maximum absolute atomic E-state index is 12.4. The highest BCUT2D eigenvalue weighted by atomic mass is 79.9. The molecule has 1 aliphatic rings. The fourth-order valence-electron chi connectivity index (χ4n) is 2.50. The highest BCUT2D eigenvalue weighted by Gasteiger charge is 2.24. The van der Waals surface area contributed by atoms with Crippen LogP contribution in [0.3, 0.4) is 0 Å². The smallest absolute Gasteiger partial charge is 0.255 e. The van der Waals surface area contributed by atoms with Gasteiger partial charge in [0.05, 0.1) is 10.6 Å². The maximum atomic E-state index is 12.4. The van der Waals surface area contributed by atoms with Crippen molar-refractivity contribution in [1.29, 1.82) is 0 Å². The molecule has 0 atom stereocenters. The van der Waals surface area contributed by atoms with Gasteiger partial charge in [0, 0.05) is 17.6 Å². The molecule has 1 aliphatic heterocycles. The Morgan fingerprint density at radius 3 is 2.74 bits per heavy atom. The van der Waals surface area contributed by atoms with E-state index in [-0.39, 0.29) is 5.91 Å². The summed E-state index contributed by atoms with van der Waals surface area (Å²) in [5, 5.41) is 0.497. The molecule has 1 aromatic rings. The van der Waals surface area contributed by atoms with Crippen LogP contribution in [0, 0.1) is 5.92 Å². The van der Waals surface area contributed by atoms with E-state index in [1.165, 1.54) is 0 Å². The molecule has 19 heavy (non-hydrogen) atoms. The number of carbonyl (C=O) groups is 1. The standard InChI is InChI=1S/C14H18BrClN2O/c15-12-3-1-2-11(13(12)16)14(19)18-8-5-10(4-7-17)6-9-18/h1-3,10H,4-9,17H2. The predicted molar refractivity (Wildman–Crippen MR) is 81.5 cm³/mol. The summed E-state index contributed by atoms with van der Waals surface area (Å²) in [6, 6.07) is 5.46. The minimum Gasteiger partial charge on any atom is -0.339 e. The molecule has 0 radical (unpaired) electrons. The summed E-state index contributed by atoms with van der Waals surface area (Å²) < 4.78 is 0.762. The quantitative estimate of drug-likeness (QED) is 0.913. The third kappa shape index (κ3) is 3.50. The lowest BCUT2D eigenvalue weighted by Gasteiger charge is -2.32. The molecule has 3 nitrogen and oxygen atoms in total. The molecule has 0 spiro atoms. The first kappa shape index (κ1) is 14.8. The lowest BCUT2D eigenvalue weighted by atomic mass is 9.93. The van der Waals surface area contributed by atoms with Crippen LogP contribution in [0.25, 0.3) is 0 Å². The zero-order chi connectivity index (χ0) is 13.8. The third-order valence-electron chi connectivity index (χ3n) is 3.66. The lowest BCUT2D eigenvalue weighted by Crippen LogP contribution is -2.39. The molecule has 0 unspecified atom stereocenters. The Morgan fingerprint density at radius 2 is 2.11 bits per heavy atom. The summed E-state index contributed by atoms with van der Waals surface area (Å²) in [7, 11) is 0. The Morgan fingerprint density at radius 1 is 1.42 bits per heavy atom. The van der Waals surface area contributed by atoms with Crippen LogP contribution in [0.1, 0.15) is 29.6 Å². The van der Waals surface area contributed by atoms with E-state index >= 15 is 0 Å². The number of likely N-dealkylation sites (tertiary alicyclic amines) is 1. The number of piperidine rings is 1. The lowest BCUT2D eigenvalue weighted by molar-refractivity contribution is 0.0688. The van der Waals surface area contributed by atoms with Crippen molar-refractivity contribution in [2.75, 3.05) is 19.6 Å². The predicted octanol–water partition coefficient (Wildman–Crippen LogP) is 3.30. The van der Waals surface area contributed by atoms with Crippen molar-refractivity contribution in [2.45, 2.75) is 19.3 Å². The molecule has 1 amide bonds. The first-order valence-corrected chi connectivity index (χ1v) is 7.74. The third-order valence-corrected chi connectivity index (χ3v) is 4.95. The van der Waals surface area contributed by atoms with Crippen LogP contribution in [-0.4, -0.2) is 30.4 Å². The molecule has 0 saturated carbocycles. The zero-order valence-electron chi connectivity index (χ0n) is 10.7. The average Bonchev–Trinajstić information content (AvgIpc) is 2.42. The molecule has 0 aromatic heterocycles. The molecule has 0 bridgehead atoms. The van der Waals surface area contributed by atoms with E-state index in [9.17, 15) is 4.79 Å². The summed E-state index contributed by atoms with van der Waals surface area (Å²) in [6.07, 6.45) is 3.13. The van der Waals surface area contributed by atoms with Gasteiger partial charge < -0.3 is 10.6 Å². The Kier molecular flexibility index (Phi) is 5.25. The van der Waals surface area contributed by atoms with Gasteiger partial charge in [0.25, 0.3) is 5.91 Å². The summed E-state index contributed by atoms with van der Waals surface area (Å²) >= 11 is 9.53. The largest absolute Gasteiger partial charge is 0.339 e. The van der Waals surface area contributed by atoms with Crippen LogP contribution < -0.4 is 5.73 Å².